The fraction of sp³-hybridized carbons (Fsp3) is 0.389. The average Bonchev–Trinajstić information content (AvgIpc) is 3.17. The maximum atomic E-state index is 12.6. The van der Waals surface area contributed by atoms with Gasteiger partial charge in [0.2, 0.25) is 0 Å². The Hall–Kier alpha value is -1.60. The summed E-state index contributed by atoms with van der Waals surface area (Å²) in [7, 11) is 1.58. The number of rotatable bonds is 6. The van der Waals surface area contributed by atoms with Crippen molar-refractivity contribution in [3.05, 3.63) is 52.2 Å². The second kappa shape index (κ2) is 9.77. The third-order valence-corrected chi connectivity index (χ3v) is 5.14. The normalized spacial score (nSPS) is 15.9. The second-order valence-electron chi connectivity index (χ2n) is 5.59. The average molecular weight is 383 g/mol. The number of methoxy groups -OCH3 is 1. The highest BCUT2D eigenvalue weighted by Crippen LogP contribution is 2.26. The number of benzene rings is 1. The molecule has 1 atom stereocenters. The molecule has 1 N–H and O–H groups in total. The molecule has 1 fully saturated rings. The van der Waals surface area contributed by atoms with E-state index in [9.17, 15) is 4.79 Å². The van der Waals surface area contributed by atoms with Crippen molar-refractivity contribution in [2.75, 3.05) is 40.0 Å². The van der Waals surface area contributed by atoms with Crippen molar-refractivity contribution in [2.45, 2.75) is 6.04 Å². The minimum absolute atomic E-state index is 0. The summed E-state index contributed by atoms with van der Waals surface area (Å²) in [5.41, 5.74) is 0.562. The summed E-state index contributed by atoms with van der Waals surface area (Å²) in [6, 6.07) is 11.6. The number of carbonyl (C=O) groups excluding carboxylic acids is 1. The highest BCUT2D eigenvalue weighted by molar-refractivity contribution is 7.10. The molecule has 1 aliphatic rings. The lowest BCUT2D eigenvalue weighted by Gasteiger charge is -2.34. The zero-order chi connectivity index (χ0) is 16.8. The number of carbonyl (C=O) groups is 1. The van der Waals surface area contributed by atoms with Crippen LogP contribution in [0.25, 0.3) is 0 Å². The molecule has 1 amide bonds. The van der Waals surface area contributed by atoms with Gasteiger partial charge in [0.25, 0.3) is 5.91 Å². The molecular weight excluding hydrogens is 360 g/mol. The Morgan fingerprint density at radius 2 is 2.04 bits per heavy atom. The number of halogens is 1. The third-order valence-electron chi connectivity index (χ3n) is 4.17. The highest BCUT2D eigenvalue weighted by Gasteiger charge is 2.24. The topological polar surface area (TPSA) is 50.8 Å². The predicted molar refractivity (Wildman–Crippen MR) is 102 cm³/mol. The van der Waals surface area contributed by atoms with E-state index in [-0.39, 0.29) is 24.4 Å². The smallest absolute Gasteiger partial charge is 0.255 e. The lowest BCUT2D eigenvalue weighted by atomic mass is 10.1. The van der Waals surface area contributed by atoms with Gasteiger partial charge >= 0.3 is 0 Å². The molecule has 1 aromatic carbocycles. The molecule has 5 nitrogen and oxygen atoms in total. The number of hydrogen-bond donors (Lipinski definition) is 1. The van der Waals surface area contributed by atoms with E-state index >= 15 is 0 Å². The van der Waals surface area contributed by atoms with Gasteiger partial charge in [-0.15, -0.1) is 23.7 Å². The van der Waals surface area contributed by atoms with Crippen molar-refractivity contribution in [1.29, 1.82) is 0 Å². The van der Waals surface area contributed by atoms with Crippen molar-refractivity contribution < 1.29 is 14.3 Å². The quantitative estimate of drug-likeness (QED) is 0.834. The molecule has 2 heterocycles. The van der Waals surface area contributed by atoms with E-state index in [0.717, 1.165) is 26.3 Å². The second-order valence-corrected chi connectivity index (χ2v) is 6.57. The number of nitrogens with zero attached hydrogens (tertiary/aromatic N) is 1. The number of morpholine rings is 1. The van der Waals surface area contributed by atoms with Crippen LogP contribution in [0.4, 0.5) is 0 Å². The Labute approximate surface area is 158 Å². The van der Waals surface area contributed by atoms with Crippen molar-refractivity contribution in [2.24, 2.45) is 0 Å². The third kappa shape index (κ3) is 4.95. The van der Waals surface area contributed by atoms with Gasteiger partial charge in [-0.05, 0) is 23.6 Å². The molecule has 0 spiro atoms. The van der Waals surface area contributed by atoms with Gasteiger partial charge in [0.1, 0.15) is 5.75 Å². The zero-order valence-electron chi connectivity index (χ0n) is 14.1. The molecule has 1 aliphatic heterocycles. The number of thiophene rings is 1. The van der Waals surface area contributed by atoms with E-state index in [1.54, 1.807) is 30.6 Å². The van der Waals surface area contributed by atoms with Crippen LogP contribution in [0.2, 0.25) is 0 Å². The Morgan fingerprint density at radius 1 is 1.28 bits per heavy atom. The molecule has 1 saturated heterocycles. The molecule has 1 aromatic heterocycles. The number of ether oxygens (including phenoxy) is 2. The SMILES string of the molecule is COc1ccccc1C(=O)NCC(c1cccs1)N1CCOCC1.Cl. The molecule has 0 radical (unpaired) electrons. The first-order chi connectivity index (χ1) is 11.8. The molecule has 136 valence electrons. The summed E-state index contributed by atoms with van der Waals surface area (Å²) in [6.45, 7) is 3.81. The molecule has 3 rings (SSSR count). The summed E-state index contributed by atoms with van der Waals surface area (Å²) in [5.74, 6) is 0.483. The van der Waals surface area contributed by atoms with Gasteiger partial charge in [-0.2, -0.15) is 0 Å². The van der Waals surface area contributed by atoms with E-state index in [0.29, 0.717) is 17.9 Å². The van der Waals surface area contributed by atoms with Crippen LogP contribution in [0.1, 0.15) is 21.3 Å². The maximum Gasteiger partial charge on any atom is 0.255 e. The van der Waals surface area contributed by atoms with Crippen LogP contribution in [-0.2, 0) is 4.74 Å². The van der Waals surface area contributed by atoms with Gasteiger partial charge < -0.3 is 14.8 Å². The van der Waals surface area contributed by atoms with E-state index in [2.05, 4.69) is 27.7 Å². The number of hydrogen-bond acceptors (Lipinski definition) is 5. The first-order valence-corrected chi connectivity index (χ1v) is 8.94. The van der Waals surface area contributed by atoms with Gasteiger partial charge in [-0.25, -0.2) is 0 Å². The van der Waals surface area contributed by atoms with E-state index < -0.39 is 0 Å². The lowest BCUT2D eigenvalue weighted by molar-refractivity contribution is 0.0169. The van der Waals surface area contributed by atoms with Gasteiger partial charge in [0.05, 0.1) is 31.9 Å². The van der Waals surface area contributed by atoms with Crippen LogP contribution >= 0.6 is 23.7 Å². The number of para-hydroxylation sites is 1. The van der Waals surface area contributed by atoms with Crippen LogP contribution in [-0.4, -0.2) is 50.8 Å². The standard InChI is InChI=1S/C18H22N2O3S.ClH/c1-22-16-6-3-2-5-14(16)18(21)19-13-15(17-7-4-12-24-17)20-8-10-23-11-9-20;/h2-7,12,15H,8-11,13H2,1H3,(H,19,21);1H. The molecule has 0 saturated carbocycles. The zero-order valence-corrected chi connectivity index (χ0v) is 15.8. The fourth-order valence-electron chi connectivity index (χ4n) is 2.90. The fourth-order valence-corrected chi connectivity index (χ4v) is 3.76. The summed E-state index contributed by atoms with van der Waals surface area (Å²) in [4.78, 5) is 16.2. The van der Waals surface area contributed by atoms with Crippen molar-refractivity contribution >= 4 is 29.7 Å². The Balaban J connectivity index is 0.00000225. The maximum absolute atomic E-state index is 12.6. The highest BCUT2D eigenvalue weighted by atomic mass is 35.5. The van der Waals surface area contributed by atoms with Crippen molar-refractivity contribution in [3.63, 3.8) is 0 Å². The summed E-state index contributed by atoms with van der Waals surface area (Å²) < 4.78 is 10.7. The van der Waals surface area contributed by atoms with Crippen molar-refractivity contribution in [1.82, 2.24) is 10.2 Å². The van der Waals surface area contributed by atoms with Crippen LogP contribution in [0.5, 0.6) is 5.75 Å². The summed E-state index contributed by atoms with van der Waals surface area (Å²) >= 11 is 1.72. The summed E-state index contributed by atoms with van der Waals surface area (Å²) in [6.07, 6.45) is 0. The van der Waals surface area contributed by atoms with Crippen molar-refractivity contribution in [3.8, 4) is 5.75 Å². The minimum atomic E-state index is -0.109. The predicted octanol–water partition coefficient (Wildman–Crippen LogP) is 2.98. The Bertz CT molecular complexity index is 660. The molecule has 0 bridgehead atoms. The minimum Gasteiger partial charge on any atom is -0.496 e. The van der Waals surface area contributed by atoms with Crippen LogP contribution in [0.15, 0.2) is 41.8 Å². The van der Waals surface area contributed by atoms with Gasteiger partial charge in [0.15, 0.2) is 0 Å². The van der Waals surface area contributed by atoms with Gasteiger partial charge in [-0.1, -0.05) is 18.2 Å². The monoisotopic (exact) mass is 382 g/mol. The van der Waals surface area contributed by atoms with E-state index in [1.807, 2.05) is 12.1 Å². The van der Waals surface area contributed by atoms with Crippen LogP contribution < -0.4 is 10.1 Å². The van der Waals surface area contributed by atoms with Crippen LogP contribution in [0.3, 0.4) is 0 Å². The number of amides is 1. The molecule has 7 heteroatoms. The number of nitrogens with one attached hydrogen (secondary N) is 1. The van der Waals surface area contributed by atoms with Gasteiger partial charge in [0, 0.05) is 24.5 Å². The van der Waals surface area contributed by atoms with E-state index in [1.165, 1.54) is 4.88 Å². The Kier molecular flexibility index (Phi) is 7.71. The van der Waals surface area contributed by atoms with E-state index in [4.69, 9.17) is 9.47 Å². The molecule has 25 heavy (non-hydrogen) atoms. The van der Waals surface area contributed by atoms with Crippen LogP contribution in [0, 0.1) is 0 Å². The summed E-state index contributed by atoms with van der Waals surface area (Å²) in [5, 5.41) is 5.14. The molecule has 0 aliphatic carbocycles. The first-order valence-electron chi connectivity index (χ1n) is 8.06. The Morgan fingerprint density at radius 3 is 2.72 bits per heavy atom. The first kappa shape index (κ1) is 19.7. The molecule has 1 unspecified atom stereocenters. The lowest BCUT2D eigenvalue weighted by Crippen LogP contribution is -2.43. The molecule has 2 aromatic rings. The largest absolute Gasteiger partial charge is 0.496 e. The van der Waals surface area contributed by atoms with Gasteiger partial charge in [-0.3, -0.25) is 9.69 Å². The molecular formula is C18H23ClN2O3S.